The van der Waals surface area contributed by atoms with E-state index in [1.807, 2.05) is 30.3 Å². The molecule has 1 amide bonds. The third-order valence-corrected chi connectivity index (χ3v) is 4.39. The lowest BCUT2D eigenvalue weighted by Gasteiger charge is -2.02. The van der Waals surface area contributed by atoms with Crippen molar-refractivity contribution < 1.29 is 14.3 Å². The Morgan fingerprint density at radius 2 is 2.10 bits per heavy atom. The summed E-state index contributed by atoms with van der Waals surface area (Å²) in [7, 11) is 1.31. The molecule has 0 aliphatic carbocycles. The fraction of sp³-hybridized carbons (Fsp3) is 0.214. The van der Waals surface area contributed by atoms with Crippen molar-refractivity contribution in [2.45, 2.75) is 11.3 Å². The largest absolute Gasteiger partial charge is 0.465 e. The maximum atomic E-state index is 11.8. The van der Waals surface area contributed by atoms with Crippen LogP contribution in [0.3, 0.4) is 0 Å². The third-order valence-electron chi connectivity index (χ3n) is 2.48. The molecule has 0 unspecified atom stereocenters. The first-order valence-corrected chi connectivity index (χ1v) is 8.01. The SMILES string of the molecule is COC(=O)c1cnc(NC(=O)CCSc2ccccc2)s1. The van der Waals surface area contributed by atoms with E-state index >= 15 is 0 Å². The van der Waals surface area contributed by atoms with Crippen LogP contribution in [0.1, 0.15) is 16.1 Å². The van der Waals surface area contributed by atoms with Crippen LogP contribution in [0.25, 0.3) is 0 Å². The number of amides is 1. The summed E-state index contributed by atoms with van der Waals surface area (Å²) < 4.78 is 4.58. The van der Waals surface area contributed by atoms with Crippen LogP contribution in [0.4, 0.5) is 5.13 Å². The number of methoxy groups -OCH3 is 1. The van der Waals surface area contributed by atoms with E-state index in [1.165, 1.54) is 13.3 Å². The smallest absolute Gasteiger partial charge is 0.349 e. The summed E-state index contributed by atoms with van der Waals surface area (Å²) in [5.74, 6) is 0.113. The number of carbonyl (C=O) groups excluding carboxylic acids is 2. The first kappa shape index (κ1) is 15.5. The van der Waals surface area contributed by atoms with E-state index < -0.39 is 5.97 Å². The highest BCUT2D eigenvalue weighted by atomic mass is 32.2. The van der Waals surface area contributed by atoms with Crippen LogP contribution in [-0.2, 0) is 9.53 Å². The molecule has 7 heteroatoms. The number of aromatic nitrogens is 1. The summed E-state index contributed by atoms with van der Waals surface area (Å²) in [6.07, 6.45) is 1.78. The van der Waals surface area contributed by atoms with Gasteiger partial charge < -0.3 is 10.1 Å². The van der Waals surface area contributed by atoms with Crippen LogP contribution in [0, 0.1) is 0 Å². The van der Waals surface area contributed by atoms with E-state index in [0.717, 1.165) is 16.2 Å². The second-order valence-electron chi connectivity index (χ2n) is 3.98. The van der Waals surface area contributed by atoms with Crippen LogP contribution >= 0.6 is 23.1 Å². The molecule has 2 aromatic rings. The van der Waals surface area contributed by atoms with E-state index in [0.29, 0.717) is 22.2 Å². The summed E-state index contributed by atoms with van der Waals surface area (Å²) in [5.41, 5.74) is 0. The fourth-order valence-corrected chi connectivity index (χ4v) is 3.11. The summed E-state index contributed by atoms with van der Waals surface area (Å²) >= 11 is 2.72. The number of ether oxygens (including phenoxy) is 1. The van der Waals surface area contributed by atoms with Crippen molar-refractivity contribution in [1.29, 1.82) is 0 Å². The number of carbonyl (C=O) groups is 2. The maximum Gasteiger partial charge on any atom is 0.349 e. The van der Waals surface area contributed by atoms with Gasteiger partial charge in [-0.15, -0.1) is 11.8 Å². The van der Waals surface area contributed by atoms with Crippen LogP contribution in [-0.4, -0.2) is 29.7 Å². The predicted molar refractivity (Wildman–Crippen MR) is 83.9 cm³/mol. The first-order chi connectivity index (χ1) is 10.2. The molecule has 0 bridgehead atoms. The highest BCUT2D eigenvalue weighted by Gasteiger charge is 2.12. The number of rotatable bonds is 6. The van der Waals surface area contributed by atoms with Gasteiger partial charge in [-0.1, -0.05) is 29.5 Å². The van der Waals surface area contributed by atoms with E-state index in [2.05, 4.69) is 15.0 Å². The van der Waals surface area contributed by atoms with Crippen LogP contribution < -0.4 is 5.32 Å². The highest BCUT2D eigenvalue weighted by Crippen LogP contribution is 2.20. The Hall–Kier alpha value is -1.86. The highest BCUT2D eigenvalue weighted by molar-refractivity contribution is 7.99. The van der Waals surface area contributed by atoms with Gasteiger partial charge in [0, 0.05) is 17.1 Å². The lowest BCUT2D eigenvalue weighted by molar-refractivity contribution is -0.115. The summed E-state index contributed by atoms with van der Waals surface area (Å²) in [5, 5.41) is 3.08. The number of anilines is 1. The molecule has 0 fully saturated rings. The minimum atomic E-state index is -0.451. The minimum absolute atomic E-state index is 0.121. The molecule has 1 aromatic carbocycles. The van der Waals surface area contributed by atoms with Crippen molar-refractivity contribution in [2.24, 2.45) is 0 Å². The van der Waals surface area contributed by atoms with Gasteiger partial charge in [-0.05, 0) is 12.1 Å². The second-order valence-corrected chi connectivity index (χ2v) is 6.18. The average molecular weight is 322 g/mol. The average Bonchev–Trinajstić information content (AvgIpc) is 2.96. The molecule has 0 aliphatic rings. The number of thioether (sulfide) groups is 1. The van der Waals surface area contributed by atoms with Gasteiger partial charge in [0.05, 0.1) is 13.3 Å². The standard InChI is InChI=1S/C14H14N2O3S2/c1-19-13(18)11-9-15-14(21-11)16-12(17)7-8-20-10-5-3-2-4-6-10/h2-6,9H,7-8H2,1H3,(H,15,16,17). The second kappa shape index (κ2) is 7.80. The van der Waals surface area contributed by atoms with Gasteiger partial charge in [0.25, 0.3) is 0 Å². The quantitative estimate of drug-likeness (QED) is 0.654. The monoisotopic (exact) mass is 322 g/mol. The number of nitrogens with one attached hydrogen (secondary N) is 1. The molecule has 2 rings (SSSR count). The Kier molecular flexibility index (Phi) is 5.77. The molecule has 21 heavy (non-hydrogen) atoms. The molecular formula is C14H14N2O3S2. The van der Waals surface area contributed by atoms with Gasteiger partial charge in [0.1, 0.15) is 4.88 Å². The summed E-state index contributed by atoms with van der Waals surface area (Å²) in [6, 6.07) is 9.90. The van der Waals surface area contributed by atoms with Gasteiger partial charge in [-0.3, -0.25) is 4.79 Å². The summed E-state index contributed by atoms with van der Waals surface area (Å²) in [6.45, 7) is 0. The molecule has 0 aliphatic heterocycles. The van der Waals surface area contributed by atoms with Crippen LogP contribution in [0.5, 0.6) is 0 Å². The van der Waals surface area contributed by atoms with E-state index in [4.69, 9.17) is 0 Å². The van der Waals surface area contributed by atoms with E-state index in [1.54, 1.807) is 11.8 Å². The summed E-state index contributed by atoms with van der Waals surface area (Å²) in [4.78, 5) is 28.5. The van der Waals surface area contributed by atoms with Crippen LogP contribution in [0.15, 0.2) is 41.4 Å². The minimum Gasteiger partial charge on any atom is -0.465 e. The molecule has 5 nitrogen and oxygen atoms in total. The Labute approximate surface area is 130 Å². The van der Waals surface area contributed by atoms with Crippen LogP contribution in [0.2, 0.25) is 0 Å². The molecule has 1 N–H and O–H groups in total. The maximum absolute atomic E-state index is 11.8. The molecule has 0 spiro atoms. The molecule has 1 aromatic heterocycles. The topological polar surface area (TPSA) is 68.3 Å². The van der Waals surface area contributed by atoms with E-state index in [9.17, 15) is 9.59 Å². The number of benzene rings is 1. The predicted octanol–water partition coefficient (Wildman–Crippen LogP) is 3.05. The Morgan fingerprint density at radius 1 is 1.33 bits per heavy atom. The first-order valence-electron chi connectivity index (χ1n) is 6.21. The lowest BCUT2D eigenvalue weighted by Crippen LogP contribution is -2.11. The molecule has 0 radical (unpaired) electrons. The Bertz CT molecular complexity index is 614. The van der Waals surface area contributed by atoms with Gasteiger partial charge in [0.15, 0.2) is 5.13 Å². The number of hydrogen-bond acceptors (Lipinski definition) is 6. The number of esters is 1. The van der Waals surface area contributed by atoms with Crippen molar-refractivity contribution in [3.8, 4) is 0 Å². The van der Waals surface area contributed by atoms with Crippen molar-refractivity contribution in [3.05, 3.63) is 41.4 Å². The number of hydrogen-bond donors (Lipinski definition) is 1. The van der Waals surface area contributed by atoms with Crippen molar-refractivity contribution in [2.75, 3.05) is 18.2 Å². The Morgan fingerprint density at radius 3 is 2.81 bits per heavy atom. The Balaban J connectivity index is 1.77. The number of nitrogens with zero attached hydrogens (tertiary/aromatic N) is 1. The third kappa shape index (κ3) is 4.87. The lowest BCUT2D eigenvalue weighted by atomic mass is 10.4. The zero-order valence-corrected chi connectivity index (χ0v) is 13.0. The normalized spacial score (nSPS) is 10.1. The number of thiazole rings is 1. The van der Waals surface area contributed by atoms with Gasteiger partial charge in [-0.25, -0.2) is 9.78 Å². The van der Waals surface area contributed by atoms with Gasteiger partial charge in [-0.2, -0.15) is 0 Å². The molecule has 0 atom stereocenters. The molecule has 1 heterocycles. The van der Waals surface area contributed by atoms with Crippen molar-refractivity contribution in [1.82, 2.24) is 4.98 Å². The molecule has 0 saturated carbocycles. The zero-order valence-electron chi connectivity index (χ0n) is 11.4. The molecular weight excluding hydrogens is 308 g/mol. The van der Waals surface area contributed by atoms with Crippen molar-refractivity contribution in [3.63, 3.8) is 0 Å². The van der Waals surface area contributed by atoms with Crippen molar-refractivity contribution >= 4 is 40.1 Å². The van der Waals surface area contributed by atoms with Gasteiger partial charge >= 0.3 is 5.97 Å². The molecule has 0 saturated heterocycles. The van der Waals surface area contributed by atoms with Gasteiger partial charge in [0.2, 0.25) is 5.91 Å². The zero-order chi connectivity index (χ0) is 15.1. The molecule has 110 valence electrons. The van der Waals surface area contributed by atoms with E-state index in [-0.39, 0.29) is 5.91 Å². The fourth-order valence-electron chi connectivity index (χ4n) is 1.49.